The van der Waals surface area contributed by atoms with E-state index < -0.39 is 23.3 Å². The number of hydrogen-bond donors (Lipinski definition) is 0. The first-order chi connectivity index (χ1) is 10.3. The molecule has 0 aliphatic carbocycles. The molecular weight excluding hydrogens is 295 g/mol. The number of ether oxygens (including phenoxy) is 1. The highest BCUT2D eigenvalue weighted by Gasteiger charge is 2.37. The molecule has 2 rings (SSSR count). The summed E-state index contributed by atoms with van der Waals surface area (Å²) < 4.78 is 44.6. The standard InChI is InChI=1S/C16H14F3NO2/c1-3-22-15(21)14-10(2)20-13(9-12(14)16(17,18)19)11-7-5-4-6-8-11/h4-9H,3H2,1-2H3. The van der Waals surface area contributed by atoms with Crippen molar-refractivity contribution in [3.05, 3.63) is 53.2 Å². The summed E-state index contributed by atoms with van der Waals surface area (Å²) in [6, 6.07) is 9.37. The first-order valence-electron chi connectivity index (χ1n) is 6.66. The van der Waals surface area contributed by atoms with Gasteiger partial charge in [0.25, 0.3) is 0 Å². The van der Waals surface area contributed by atoms with Crippen LogP contribution in [-0.2, 0) is 10.9 Å². The number of carbonyl (C=O) groups is 1. The molecule has 1 heterocycles. The van der Waals surface area contributed by atoms with Gasteiger partial charge in [0.2, 0.25) is 0 Å². The molecule has 0 radical (unpaired) electrons. The van der Waals surface area contributed by atoms with Crippen LogP contribution in [0, 0.1) is 6.92 Å². The third-order valence-corrected chi connectivity index (χ3v) is 3.05. The van der Waals surface area contributed by atoms with Gasteiger partial charge in [-0.2, -0.15) is 13.2 Å². The third-order valence-electron chi connectivity index (χ3n) is 3.05. The van der Waals surface area contributed by atoms with E-state index in [0.29, 0.717) is 5.56 Å². The number of carbonyl (C=O) groups excluding carboxylic acids is 1. The Morgan fingerprint density at radius 2 is 1.86 bits per heavy atom. The van der Waals surface area contributed by atoms with Gasteiger partial charge in [-0.25, -0.2) is 4.79 Å². The summed E-state index contributed by atoms with van der Waals surface area (Å²) in [5.74, 6) is -1.01. The third kappa shape index (κ3) is 3.27. The molecule has 0 atom stereocenters. The number of rotatable bonds is 3. The van der Waals surface area contributed by atoms with E-state index in [1.54, 1.807) is 30.3 Å². The minimum atomic E-state index is -4.67. The average Bonchev–Trinajstić information content (AvgIpc) is 2.46. The van der Waals surface area contributed by atoms with E-state index in [1.165, 1.54) is 13.8 Å². The molecule has 0 saturated carbocycles. The van der Waals surface area contributed by atoms with Gasteiger partial charge in [0, 0.05) is 5.56 Å². The molecule has 0 amide bonds. The van der Waals surface area contributed by atoms with E-state index >= 15 is 0 Å². The highest BCUT2D eigenvalue weighted by atomic mass is 19.4. The van der Waals surface area contributed by atoms with Gasteiger partial charge >= 0.3 is 12.1 Å². The zero-order chi connectivity index (χ0) is 16.3. The van der Waals surface area contributed by atoms with Crippen LogP contribution in [0.3, 0.4) is 0 Å². The van der Waals surface area contributed by atoms with Crippen molar-refractivity contribution in [2.24, 2.45) is 0 Å². The van der Waals surface area contributed by atoms with Gasteiger partial charge in [0.1, 0.15) is 0 Å². The Hall–Kier alpha value is -2.37. The normalized spacial score (nSPS) is 11.3. The molecule has 0 spiro atoms. The minimum Gasteiger partial charge on any atom is -0.462 e. The lowest BCUT2D eigenvalue weighted by Crippen LogP contribution is -2.18. The molecule has 1 aromatic heterocycles. The number of pyridine rings is 1. The highest BCUT2D eigenvalue weighted by molar-refractivity contribution is 5.93. The molecule has 2 aromatic rings. The SMILES string of the molecule is CCOC(=O)c1c(C(F)(F)F)cc(-c2ccccc2)nc1C. The number of hydrogen-bond acceptors (Lipinski definition) is 3. The van der Waals surface area contributed by atoms with Gasteiger partial charge in [0.05, 0.1) is 29.1 Å². The van der Waals surface area contributed by atoms with E-state index in [4.69, 9.17) is 4.74 Å². The number of aromatic nitrogens is 1. The number of benzene rings is 1. The van der Waals surface area contributed by atoms with Crippen molar-refractivity contribution < 1.29 is 22.7 Å². The molecule has 6 heteroatoms. The van der Waals surface area contributed by atoms with Gasteiger partial charge in [-0.3, -0.25) is 4.98 Å². The predicted octanol–water partition coefficient (Wildman–Crippen LogP) is 4.25. The Bertz CT molecular complexity index is 682. The minimum absolute atomic E-state index is 0.00396. The Kier molecular flexibility index (Phi) is 4.49. The molecule has 0 aliphatic rings. The molecule has 1 aromatic carbocycles. The van der Waals surface area contributed by atoms with Gasteiger partial charge in [-0.15, -0.1) is 0 Å². The van der Waals surface area contributed by atoms with Crippen molar-refractivity contribution in [2.45, 2.75) is 20.0 Å². The van der Waals surface area contributed by atoms with Crippen LogP contribution in [0.15, 0.2) is 36.4 Å². The molecule has 116 valence electrons. The Morgan fingerprint density at radius 1 is 1.23 bits per heavy atom. The van der Waals surface area contributed by atoms with Crippen LogP contribution in [0.25, 0.3) is 11.3 Å². The first-order valence-corrected chi connectivity index (χ1v) is 6.66. The van der Waals surface area contributed by atoms with Gasteiger partial charge < -0.3 is 4.74 Å². The fourth-order valence-corrected chi connectivity index (χ4v) is 2.11. The summed E-state index contributed by atoms with van der Waals surface area (Å²) >= 11 is 0. The zero-order valence-corrected chi connectivity index (χ0v) is 12.1. The molecule has 0 saturated heterocycles. The van der Waals surface area contributed by atoms with Crippen LogP contribution in [0.2, 0.25) is 0 Å². The lowest BCUT2D eigenvalue weighted by molar-refractivity contribution is -0.138. The summed E-state index contributed by atoms with van der Waals surface area (Å²) in [6.07, 6.45) is -4.67. The fourth-order valence-electron chi connectivity index (χ4n) is 2.11. The average molecular weight is 309 g/mol. The number of nitrogens with zero attached hydrogens (tertiary/aromatic N) is 1. The second kappa shape index (κ2) is 6.17. The van der Waals surface area contributed by atoms with Crippen molar-refractivity contribution >= 4 is 5.97 Å². The predicted molar refractivity (Wildman–Crippen MR) is 75.4 cm³/mol. The second-order valence-corrected chi connectivity index (χ2v) is 4.60. The van der Waals surface area contributed by atoms with Crippen molar-refractivity contribution in [1.82, 2.24) is 4.98 Å². The topological polar surface area (TPSA) is 39.2 Å². The smallest absolute Gasteiger partial charge is 0.417 e. The van der Waals surface area contributed by atoms with Crippen molar-refractivity contribution in [1.29, 1.82) is 0 Å². The first kappa shape index (κ1) is 16.0. The number of aryl methyl sites for hydroxylation is 1. The lowest BCUT2D eigenvalue weighted by Gasteiger charge is -2.15. The zero-order valence-electron chi connectivity index (χ0n) is 12.1. The summed E-state index contributed by atoms with van der Waals surface area (Å²) in [5.41, 5.74) is -0.858. The summed E-state index contributed by atoms with van der Waals surface area (Å²) in [5, 5.41) is 0. The Labute approximate surface area is 125 Å². The number of esters is 1. The highest BCUT2D eigenvalue weighted by Crippen LogP contribution is 2.35. The molecule has 0 N–H and O–H groups in total. The molecule has 22 heavy (non-hydrogen) atoms. The maximum atomic E-state index is 13.3. The van der Waals surface area contributed by atoms with Gasteiger partial charge in [-0.05, 0) is 19.9 Å². The molecule has 0 fully saturated rings. The fraction of sp³-hybridized carbons (Fsp3) is 0.250. The van der Waals surface area contributed by atoms with Crippen LogP contribution < -0.4 is 0 Å². The van der Waals surface area contributed by atoms with Crippen LogP contribution in [-0.4, -0.2) is 17.6 Å². The quantitative estimate of drug-likeness (QED) is 0.796. The summed E-state index contributed by atoms with van der Waals surface area (Å²) in [4.78, 5) is 15.9. The van der Waals surface area contributed by atoms with Crippen LogP contribution in [0.4, 0.5) is 13.2 Å². The molecule has 3 nitrogen and oxygen atoms in total. The van der Waals surface area contributed by atoms with Gasteiger partial charge in [0.15, 0.2) is 0 Å². The van der Waals surface area contributed by atoms with Gasteiger partial charge in [-0.1, -0.05) is 30.3 Å². The van der Waals surface area contributed by atoms with E-state index in [0.717, 1.165) is 6.07 Å². The molecule has 0 unspecified atom stereocenters. The van der Waals surface area contributed by atoms with E-state index in [2.05, 4.69) is 4.98 Å². The Morgan fingerprint density at radius 3 is 2.41 bits per heavy atom. The lowest BCUT2D eigenvalue weighted by atomic mass is 10.0. The molecule has 0 aliphatic heterocycles. The number of alkyl halides is 3. The van der Waals surface area contributed by atoms with E-state index in [9.17, 15) is 18.0 Å². The number of halogens is 3. The maximum Gasteiger partial charge on any atom is 0.417 e. The van der Waals surface area contributed by atoms with Crippen molar-refractivity contribution in [3.63, 3.8) is 0 Å². The van der Waals surface area contributed by atoms with E-state index in [-0.39, 0.29) is 18.0 Å². The van der Waals surface area contributed by atoms with Crippen molar-refractivity contribution in [2.75, 3.05) is 6.61 Å². The second-order valence-electron chi connectivity index (χ2n) is 4.60. The molecule has 0 bridgehead atoms. The van der Waals surface area contributed by atoms with Crippen LogP contribution in [0.5, 0.6) is 0 Å². The van der Waals surface area contributed by atoms with Crippen LogP contribution >= 0.6 is 0 Å². The summed E-state index contributed by atoms with van der Waals surface area (Å²) in [6.45, 7) is 2.90. The molecular formula is C16H14F3NO2. The Balaban J connectivity index is 2.65. The monoisotopic (exact) mass is 309 g/mol. The summed E-state index contributed by atoms with van der Waals surface area (Å²) in [7, 11) is 0. The maximum absolute atomic E-state index is 13.3. The van der Waals surface area contributed by atoms with E-state index in [1.807, 2.05) is 0 Å². The van der Waals surface area contributed by atoms with Crippen molar-refractivity contribution in [3.8, 4) is 11.3 Å². The van der Waals surface area contributed by atoms with Crippen LogP contribution in [0.1, 0.15) is 28.5 Å². The largest absolute Gasteiger partial charge is 0.462 e.